The van der Waals surface area contributed by atoms with Crippen molar-refractivity contribution in [3.05, 3.63) is 23.9 Å². The minimum Gasteiger partial charge on any atom is -0.349 e. The maximum Gasteiger partial charge on any atom is 0.129 e. The molecule has 0 aliphatic rings. The highest BCUT2D eigenvalue weighted by atomic mass is 15.1. The molecule has 1 N–H and O–H groups in total. The summed E-state index contributed by atoms with van der Waals surface area (Å²) in [6, 6.07) is 4.09. The molecule has 0 bridgehead atoms. The lowest BCUT2D eigenvalue weighted by Crippen LogP contribution is -2.35. The molecule has 17 heavy (non-hydrogen) atoms. The lowest BCUT2D eigenvalue weighted by molar-refractivity contribution is 0.424. The molecule has 0 aliphatic heterocycles. The molecule has 0 saturated carbocycles. The van der Waals surface area contributed by atoms with E-state index in [2.05, 4.69) is 43.1 Å². The first-order valence-electron chi connectivity index (χ1n) is 5.77. The molecule has 0 spiro atoms. The van der Waals surface area contributed by atoms with E-state index in [9.17, 15) is 0 Å². The van der Waals surface area contributed by atoms with E-state index >= 15 is 0 Å². The van der Waals surface area contributed by atoms with Gasteiger partial charge in [0.15, 0.2) is 0 Å². The van der Waals surface area contributed by atoms with Gasteiger partial charge in [0, 0.05) is 25.3 Å². The zero-order valence-corrected chi connectivity index (χ0v) is 11.1. The van der Waals surface area contributed by atoms with Crippen LogP contribution in [-0.2, 0) is 6.54 Å². The van der Waals surface area contributed by atoms with Gasteiger partial charge in [-0.25, -0.2) is 4.98 Å². The number of hydrogen-bond donors (Lipinski definition) is 1. The standard InChI is InChI=1S/C14H21N3/c1-6-9-17(5)13-10-12(7-8-15-13)11-16-14(2,3)4/h1,7-8,10,16H,9,11H2,2-5H3. The minimum atomic E-state index is 0.119. The summed E-state index contributed by atoms with van der Waals surface area (Å²) in [4.78, 5) is 6.26. The second-order valence-electron chi connectivity index (χ2n) is 5.19. The van der Waals surface area contributed by atoms with Crippen LogP contribution in [0.15, 0.2) is 18.3 Å². The Kier molecular flexibility index (Phi) is 4.53. The highest BCUT2D eigenvalue weighted by Crippen LogP contribution is 2.11. The van der Waals surface area contributed by atoms with E-state index in [0.29, 0.717) is 6.54 Å². The van der Waals surface area contributed by atoms with Crippen LogP contribution in [0.3, 0.4) is 0 Å². The third kappa shape index (κ3) is 4.88. The molecule has 0 fully saturated rings. The van der Waals surface area contributed by atoms with Crippen LogP contribution in [0, 0.1) is 12.3 Å². The maximum absolute atomic E-state index is 5.29. The summed E-state index contributed by atoms with van der Waals surface area (Å²) in [6.45, 7) is 7.87. The van der Waals surface area contributed by atoms with Crippen molar-refractivity contribution in [1.82, 2.24) is 10.3 Å². The molecule has 3 heteroatoms. The van der Waals surface area contributed by atoms with E-state index in [1.807, 2.05) is 24.2 Å². The number of anilines is 1. The summed E-state index contributed by atoms with van der Waals surface area (Å²) in [7, 11) is 1.95. The third-order valence-corrected chi connectivity index (χ3v) is 2.35. The number of pyridine rings is 1. The average molecular weight is 231 g/mol. The summed E-state index contributed by atoms with van der Waals surface area (Å²) in [5.74, 6) is 3.53. The molecule has 1 aromatic heterocycles. The van der Waals surface area contributed by atoms with Gasteiger partial charge in [-0.1, -0.05) is 5.92 Å². The molecule has 3 nitrogen and oxygen atoms in total. The summed E-state index contributed by atoms with van der Waals surface area (Å²) >= 11 is 0. The fourth-order valence-electron chi connectivity index (χ4n) is 1.36. The average Bonchev–Trinajstić information content (AvgIpc) is 2.26. The Bertz CT molecular complexity index is 399. The van der Waals surface area contributed by atoms with Gasteiger partial charge in [0.05, 0.1) is 6.54 Å². The van der Waals surface area contributed by atoms with Crippen molar-refractivity contribution < 1.29 is 0 Å². The molecule has 1 aromatic rings. The smallest absolute Gasteiger partial charge is 0.129 e. The molecule has 0 aromatic carbocycles. The molecule has 92 valence electrons. The summed E-state index contributed by atoms with van der Waals surface area (Å²) in [5.41, 5.74) is 1.34. The number of rotatable bonds is 4. The molecule has 0 amide bonds. The number of aromatic nitrogens is 1. The van der Waals surface area contributed by atoms with Crippen LogP contribution in [0.5, 0.6) is 0 Å². The Morgan fingerprint density at radius 2 is 2.18 bits per heavy atom. The van der Waals surface area contributed by atoms with E-state index < -0.39 is 0 Å². The number of terminal acetylenes is 1. The number of hydrogen-bond acceptors (Lipinski definition) is 3. The third-order valence-electron chi connectivity index (χ3n) is 2.35. The van der Waals surface area contributed by atoms with E-state index in [4.69, 9.17) is 6.42 Å². The van der Waals surface area contributed by atoms with Crippen molar-refractivity contribution in [2.45, 2.75) is 32.9 Å². The Morgan fingerprint density at radius 3 is 2.76 bits per heavy atom. The van der Waals surface area contributed by atoms with Crippen LogP contribution in [0.2, 0.25) is 0 Å². The van der Waals surface area contributed by atoms with Gasteiger partial charge in [0.25, 0.3) is 0 Å². The van der Waals surface area contributed by atoms with Crippen LogP contribution < -0.4 is 10.2 Å². The van der Waals surface area contributed by atoms with Crippen molar-refractivity contribution in [2.75, 3.05) is 18.5 Å². The highest BCUT2D eigenvalue weighted by Gasteiger charge is 2.09. The number of nitrogens with one attached hydrogen (secondary N) is 1. The fourth-order valence-corrected chi connectivity index (χ4v) is 1.36. The topological polar surface area (TPSA) is 28.2 Å². The second-order valence-corrected chi connectivity index (χ2v) is 5.19. The van der Waals surface area contributed by atoms with Crippen LogP contribution in [-0.4, -0.2) is 24.1 Å². The summed E-state index contributed by atoms with van der Waals surface area (Å²) in [6.07, 6.45) is 7.11. The quantitative estimate of drug-likeness (QED) is 0.804. The van der Waals surface area contributed by atoms with Gasteiger partial charge in [0.2, 0.25) is 0 Å². The SMILES string of the molecule is C#CCN(C)c1cc(CNC(C)(C)C)ccn1. The Balaban J connectivity index is 2.70. The molecule has 1 heterocycles. The van der Waals surface area contributed by atoms with Crippen molar-refractivity contribution in [3.8, 4) is 12.3 Å². The normalized spacial score (nSPS) is 11.0. The van der Waals surface area contributed by atoms with Crippen LogP contribution in [0.1, 0.15) is 26.3 Å². The lowest BCUT2D eigenvalue weighted by Gasteiger charge is -2.21. The van der Waals surface area contributed by atoms with Crippen LogP contribution in [0.4, 0.5) is 5.82 Å². The minimum absolute atomic E-state index is 0.119. The van der Waals surface area contributed by atoms with Crippen LogP contribution in [0.25, 0.3) is 0 Å². The number of nitrogens with zero attached hydrogens (tertiary/aromatic N) is 2. The first-order chi connectivity index (χ1) is 7.92. The predicted molar refractivity (Wildman–Crippen MR) is 72.9 cm³/mol. The van der Waals surface area contributed by atoms with Crippen LogP contribution >= 0.6 is 0 Å². The van der Waals surface area contributed by atoms with Gasteiger partial charge in [-0.3, -0.25) is 0 Å². The Morgan fingerprint density at radius 1 is 1.47 bits per heavy atom. The van der Waals surface area contributed by atoms with Gasteiger partial charge < -0.3 is 10.2 Å². The molecule has 0 radical (unpaired) electrons. The zero-order valence-electron chi connectivity index (χ0n) is 11.1. The van der Waals surface area contributed by atoms with Gasteiger partial charge >= 0.3 is 0 Å². The molecular weight excluding hydrogens is 210 g/mol. The predicted octanol–water partition coefficient (Wildman–Crippen LogP) is 2.04. The Labute approximate surface area is 104 Å². The maximum atomic E-state index is 5.29. The Hall–Kier alpha value is -1.53. The summed E-state index contributed by atoms with van der Waals surface area (Å²) in [5, 5.41) is 3.45. The molecule has 0 unspecified atom stereocenters. The molecule has 0 atom stereocenters. The van der Waals surface area contributed by atoms with Crippen molar-refractivity contribution >= 4 is 5.82 Å². The van der Waals surface area contributed by atoms with E-state index in [1.165, 1.54) is 5.56 Å². The van der Waals surface area contributed by atoms with Gasteiger partial charge in [0.1, 0.15) is 5.82 Å². The van der Waals surface area contributed by atoms with E-state index in [0.717, 1.165) is 12.4 Å². The largest absolute Gasteiger partial charge is 0.349 e. The molecular formula is C14H21N3. The van der Waals surface area contributed by atoms with Crippen molar-refractivity contribution in [3.63, 3.8) is 0 Å². The van der Waals surface area contributed by atoms with Gasteiger partial charge in [-0.2, -0.15) is 0 Å². The van der Waals surface area contributed by atoms with Gasteiger partial charge in [-0.05, 0) is 38.5 Å². The van der Waals surface area contributed by atoms with Crippen molar-refractivity contribution in [2.24, 2.45) is 0 Å². The lowest BCUT2D eigenvalue weighted by atomic mass is 10.1. The first-order valence-corrected chi connectivity index (χ1v) is 5.77. The second kappa shape index (κ2) is 5.70. The fraction of sp³-hybridized carbons (Fsp3) is 0.500. The van der Waals surface area contributed by atoms with Crippen molar-refractivity contribution in [1.29, 1.82) is 0 Å². The monoisotopic (exact) mass is 231 g/mol. The summed E-state index contributed by atoms with van der Waals surface area (Å²) < 4.78 is 0. The van der Waals surface area contributed by atoms with E-state index in [1.54, 1.807) is 0 Å². The molecule has 0 aliphatic carbocycles. The highest BCUT2D eigenvalue weighted by molar-refractivity contribution is 5.41. The first kappa shape index (κ1) is 13.5. The van der Waals surface area contributed by atoms with E-state index in [-0.39, 0.29) is 5.54 Å². The van der Waals surface area contributed by atoms with Gasteiger partial charge in [-0.15, -0.1) is 6.42 Å². The zero-order chi connectivity index (χ0) is 12.9. The molecule has 1 rings (SSSR count). The molecule has 0 saturated heterocycles.